The Morgan fingerprint density at radius 2 is 1.79 bits per heavy atom. The zero-order valence-electron chi connectivity index (χ0n) is 18.3. The number of halogens is 2. The molecule has 0 saturated heterocycles. The molecule has 2 rings (SSSR count). The molecule has 0 radical (unpaired) electrons. The number of nitrogens with zero attached hydrogens (tertiary/aromatic N) is 3. The van der Waals surface area contributed by atoms with Gasteiger partial charge in [0.15, 0.2) is 0 Å². The molecular formula is C21H21Br2N5O6. The van der Waals surface area contributed by atoms with Crippen molar-refractivity contribution in [2.45, 2.75) is 13.5 Å². The molecule has 0 atom stereocenters. The normalized spacial score (nSPS) is 10.1. The van der Waals surface area contributed by atoms with Gasteiger partial charge in [-0.15, -0.1) is 0 Å². The van der Waals surface area contributed by atoms with Crippen molar-refractivity contribution < 1.29 is 28.6 Å². The molecule has 2 aromatic rings. The van der Waals surface area contributed by atoms with Gasteiger partial charge in [-0.3, -0.25) is 9.59 Å². The third kappa shape index (κ3) is 8.03. The molecule has 2 aromatic carbocycles. The molecule has 0 aromatic heterocycles. The Bertz CT molecular complexity index is 1100. The Morgan fingerprint density at radius 3 is 2.44 bits per heavy atom. The van der Waals surface area contributed by atoms with Crippen molar-refractivity contribution in [3.63, 3.8) is 0 Å². The molecule has 2 N–H and O–H groups in total. The first-order valence-electron chi connectivity index (χ1n) is 9.77. The second-order valence-electron chi connectivity index (χ2n) is 6.74. The predicted molar refractivity (Wildman–Crippen MR) is 130 cm³/mol. The van der Waals surface area contributed by atoms with E-state index in [1.165, 1.54) is 13.2 Å². The maximum Gasteiger partial charge on any atom is 0.514 e. The number of carbonyl (C=O) groups is 3. The summed E-state index contributed by atoms with van der Waals surface area (Å²) in [5.41, 5.74) is 10.6. The number of benzene rings is 2. The number of nitrogens with one attached hydrogen (secondary N) is 2. The maximum atomic E-state index is 12.7. The number of carbonyl (C=O) groups excluding carboxylic acids is 3. The Hall–Kier alpha value is -3.12. The number of rotatable bonds is 10. The summed E-state index contributed by atoms with van der Waals surface area (Å²) in [5.74, 6) is -0.478. The van der Waals surface area contributed by atoms with Crippen molar-refractivity contribution in [1.82, 2.24) is 10.6 Å². The Kier molecular flexibility index (Phi) is 10.8. The van der Waals surface area contributed by atoms with Crippen LogP contribution in [0, 0.1) is 6.92 Å². The molecular weight excluding hydrogens is 578 g/mol. The smallest absolute Gasteiger partial charge is 0.429 e. The van der Waals surface area contributed by atoms with Crippen LogP contribution in [0.3, 0.4) is 0 Å². The number of azide groups is 1. The molecule has 0 bridgehead atoms. The van der Waals surface area contributed by atoms with Crippen molar-refractivity contribution in [2.75, 3.05) is 26.8 Å². The van der Waals surface area contributed by atoms with Gasteiger partial charge in [-0.25, -0.2) is 4.79 Å². The van der Waals surface area contributed by atoms with Crippen molar-refractivity contribution in [3.05, 3.63) is 66.4 Å². The number of aryl methyl sites for hydroxylation is 1. The molecule has 0 heterocycles. The SMILES string of the molecule is COCC(=O)NCCNC(=O)c1c(Br)cc(COC(=O)Oc2ccc(C)cc2)c(N=[N+]=[N-])c1Br. The largest absolute Gasteiger partial charge is 0.514 e. The molecule has 0 aliphatic carbocycles. The summed E-state index contributed by atoms with van der Waals surface area (Å²) in [6.07, 6.45) is -0.944. The van der Waals surface area contributed by atoms with E-state index in [1.807, 2.05) is 6.92 Å². The highest BCUT2D eigenvalue weighted by atomic mass is 79.9. The van der Waals surface area contributed by atoms with Crippen LogP contribution < -0.4 is 15.4 Å². The van der Waals surface area contributed by atoms with E-state index in [2.05, 4.69) is 52.5 Å². The summed E-state index contributed by atoms with van der Waals surface area (Å²) in [6.45, 7) is 1.90. The first kappa shape index (κ1) is 27.1. The fourth-order valence-corrected chi connectivity index (χ4v) is 4.29. The van der Waals surface area contributed by atoms with E-state index in [9.17, 15) is 14.4 Å². The lowest BCUT2D eigenvalue weighted by Crippen LogP contribution is -2.36. The maximum absolute atomic E-state index is 12.7. The molecule has 0 unspecified atom stereocenters. The van der Waals surface area contributed by atoms with E-state index in [0.29, 0.717) is 15.8 Å². The van der Waals surface area contributed by atoms with E-state index in [-0.39, 0.29) is 47.9 Å². The Balaban J connectivity index is 2.09. The highest BCUT2D eigenvalue weighted by Crippen LogP contribution is 2.38. The van der Waals surface area contributed by atoms with E-state index in [1.54, 1.807) is 24.3 Å². The van der Waals surface area contributed by atoms with Gasteiger partial charge in [0.25, 0.3) is 5.91 Å². The van der Waals surface area contributed by atoms with Crippen molar-refractivity contribution in [3.8, 4) is 5.75 Å². The van der Waals surface area contributed by atoms with Gasteiger partial charge in [0, 0.05) is 39.6 Å². The van der Waals surface area contributed by atoms with Gasteiger partial charge in [0.05, 0.1) is 11.3 Å². The van der Waals surface area contributed by atoms with Gasteiger partial charge in [-0.05, 0) is 62.5 Å². The molecule has 180 valence electrons. The van der Waals surface area contributed by atoms with Crippen molar-refractivity contribution in [1.29, 1.82) is 0 Å². The van der Waals surface area contributed by atoms with E-state index >= 15 is 0 Å². The lowest BCUT2D eigenvalue weighted by molar-refractivity contribution is -0.124. The van der Waals surface area contributed by atoms with E-state index < -0.39 is 12.1 Å². The highest BCUT2D eigenvalue weighted by Gasteiger charge is 2.21. The third-order valence-electron chi connectivity index (χ3n) is 4.22. The summed E-state index contributed by atoms with van der Waals surface area (Å²) >= 11 is 6.61. The first-order chi connectivity index (χ1) is 16.3. The van der Waals surface area contributed by atoms with Crippen LogP contribution in [0.15, 0.2) is 44.4 Å². The van der Waals surface area contributed by atoms with Crippen LogP contribution in [0.1, 0.15) is 21.5 Å². The fourth-order valence-electron chi connectivity index (χ4n) is 2.65. The van der Waals surface area contributed by atoms with Gasteiger partial charge in [-0.2, -0.15) is 0 Å². The lowest BCUT2D eigenvalue weighted by Gasteiger charge is -2.15. The van der Waals surface area contributed by atoms with Crippen LogP contribution >= 0.6 is 31.9 Å². The van der Waals surface area contributed by atoms with Gasteiger partial charge >= 0.3 is 6.16 Å². The first-order valence-corrected chi connectivity index (χ1v) is 11.4. The molecule has 11 nitrogen and oxygen atoms in total. The molecule has 2 amide bonds. The van der Waals surface area contributed by atoms with Crippen LogP contribution in [0.25, 0.3) is 10.4 Å². The second kappa shape index (κ2) is 13.6. The topological polar surface area (TPSA) is 152 Å². The van der Waals surface area contributed by atoms with Crippen molar-refractivity contribution >= 4 is 55.5 Å². The molecule has 0 spiro atoms. The van der Waals surface area contributed by atoms with Gasteiger partial charge in [0.2, 0.25) is 5.91 Å². The molecule has 34 heavy (non-hydrogen) atoms. The number of ether oxygens (including phenoxy) is 3. The highest BCUT2D eigenvalue weighted by molar-refractivity contribution is 9.11. The number of hydrogen-bond acceptors (Lipinski definition) is 7. The molecule has 13 heteroatoms. The fraction of sp³-hybridized carbons (Fsp3) is 0.286. The van der Waals surface area contributed by atoms with Crippen LogP contribution in [0.4, 0.5) is 10.5 Å². The van der Waals surface area contributed by atoms with Crippen LogP contribution in [0.5, 0.6) is 5.75 Å². The number of amides is 2. The minimum absolute atomic E-state index is 0.0763. The minimum Gasteiger partial charge on any atom is -0.429 e. The standard InChI is InChI=1S/C21H21Br2N5O6/c1-12-3-5-14(6-4-12)34-21(31)33-10-13-9-15(22)17(18(23)19(13)27-28-24)20(30)26-8-7-25-16(29)11-32-2/h3-6,9H,7-8,10-11H2,1-2H3,(H,25,29)(H,26,30). The van der Waals surface area contributed by atoms with Crippen LogP contribution in [-0.4, -0.2) is 44.8 Å². The van der Waals surface area contributed by atoms with Crippen LogP contribution in [-0.2, 0) is 20.9 Å². The summed E-state index contributed by atoms with van der Waals surface area (Å²) in [7, 11) is 1.40. The average molecular weight is 599 g/mol. The number of methoxy groups -OCH3 is 1. The van der Waals surface area contributed by atoms with Gasteiger partial charge in [0.1, 0.15) is 19.0 Å². The lowest BCUT2D eigenvalue weighted by atomic mass is 10.1. The monoisotopic (exact) mass is 597 g/mol. The number of hydrogen-bond donors (Lipinski definition) is 2. The molecule has 0 aliphatic rings. The summed E-state index contributed by atoms with van der Waals surface area (Å²) in [4.78, 5) is 38.9. The third-order valence-corrected chi connectivity index (χ3v) is 5.62. The molecule has 0 aliphatic heterocycles. The van der Waals surface area contributed by atoms with Crippen LogP contribution in [0.2, 0.25) is 0 Å². The summed E-state index contributed by atoms with van der Waals surface area (Å²) < 4.78 is 15.5. The van der Waals surface area contributed by atoms with Gasteiger partial charge < -0.3 is 24.8 Å². The van der Waals surface area contributed by atoms with E-state index in [4.69, 9.17) is 19.7 Å². The second-order valence-corrected chi connectivity index (χ2v) is 8.38. The zero-order chi connectivity index (χ0) is 25.1. The quantitative estimate of drug-likeness (QED) is 0.101. The van der Waals surface area contributed by atoms with Gasteiger partial charge in [-0.1, -0.05) is 22.8 Å². The predicted octanol–water partition coefficient (Wildman–Crippen LogP) is 4.67. The summed E-state index contributed by atoms with van der Waals surface area (Å²) in [6, 6.07) is 8.34. The van der Waals surface area contributed by atoms with E-state index in [0.717, 1.165) is 5.56 Å². The molecule has 0 fully saturated rings. The Labute approximate surface area is 212 Å². The Morgan fingerprint density at radius 1 is 1.12 bits per heavy atom. The van der Waals surface area contributed by atoms with Crippen molar-refractivity contribution in [2.24, 2.45) is 5.11 Å². The average Bonchev–Trinajstić information content (AvgIpc) is 2.79. The summed E-state index contributed by atoms with van der Waals surface area (Å²) in [5, 5.41) is 8.86. The minimum atomic E-state index is -0.944. The zero-order valence-corrected chi connectivity index (χ0v) is 21.4. The molecule has 0 saturated carbocycles.